The molecule has 0 spiro atoms. The van der Waals surface area contributed by atoms with Crippen LogP contribution in [0.15, 0.2) is 45.7 Å². The Morgan fingerprint density at radius 2 is 2.06 bits per heavy atom. The van der Waals surface area contributed by atoms with E-state index < -0.39 is 0 Å². The fourth-order valence-corrected chi connectivity index (χ4v) is 1.98. The zero-order valence-electron chi connectivity index (χ0n) is 9.66. The highest BCUT2D eigenvalue weighted by Gasteiger charge is 2.07. The van der Waals surface area contributed by atoms with Gasteiger partial charge < -0.3 is 10.3 Å². The Balaban J connectivity index is 2.24. The summed E-state index contributed by atoms with van der Waals surface area (Å²) >= 11 is 3.33. The number of H-pyrrole nitrogens is 1. The summed E-state index contributed by atoms with van der Waals surface area (Å²) in [7, 11) is 0. The van der Waals surface area contributed by atoms with Crippen LogP contribution in [0.2, 0.25) is 0 Å². The van der Waals surface area contributed by atoms with Crippen molar-refractivity contribution in [2.75, 3.05) is 5.32 Å². The van der Waals surface area contributed by atoms with Gasteiger partial charge in [-0.25, -0.2) is 0 Å². The van der Waals surface area contributed by atoms with Crippen LogP contribution < -0.4 is 10.9 Å². The van der Waals surface area contributed by atoms with E-state index in [0.717, 1.165) is 4.47 Å². The molecule has 2 N–H and O–H groups in total. The molecule has 0 aliphatic heterocycles. The van der Waals surface area contributed by atoms with Crippen molar-refractivity contribution >= 4 is 27.5 Å². The van der Waals surface area contributed by atoms with Crippen molar-refractivity contribution in [3.63, 3.8) is 0 Å². The lowest BCUT2D eigenvalue weighted by molar-refractivity contribution is 0.102. The summed E-state index contributed by atoms with van der Waals surface area (Å²) in [6.45, 7) is 1.73. The summed E-state index contributed by atoms with van der Waals surface area (Å²) < 4.78 is 0.877. The number of aromatic nitrogens is 1. The van der Waals surface area contributed by atoms with Crippen molar-refractivity contribution in [2.45, 2.75) is 6.92 Å². The van der Waals surface area contributed by atoms with Crippen molar-refractivity contribution < 1.29 is 4.79 Å². The number of aromatic amines is 1. The van der Waals surface area contributed by atoms with E-state index in [-0.39, 0.29) is 11.5 Å². The number of hydrogen-bond donors (Lipinski definition) is 2. The number of carbonyl (C=O) groups excluding carboxylic acids is 1. The molecule has 2 aromatic rings. The molecule has 0 aliphatic rings. The standard InChI is InChI=1S/C13H11BrN2O2/c1-8-5-9(6-12(17)15-8)13(18)16-11-4-2-3-10(14)7-11/h2-7H,1H3,(H,15,17)(H,16,18). The number of nitrogens with one attached hydrogen (secondary N) is 2. The Bertz CT molecular complexity index is 649. The zero-order valence-corrected chi connectivity index (χ0v) is 11.2. The largest absolute Gasteiger partial charge is 0.326 e. The summed E-state index contributed by atoms with van der Waals surface area (Å²) in [5, 5.41) is 2.73. The van der Waals surface area contributed by atoms with Crippen molar-refractivity contribution in [1.82, 2.24) is 4.98 Å². The maximum atomic E-state index is 12.0. The topological polar surface area (TPSA) is 62.0 Å². The molecule has 1 aromatic carbocycles. The quantitative estimate of drug-likeness (QED) is 0.896. The Labute approximate surface area is 112 Å². The lowest BCUT2D eigenvalue weighted by atomic mass is 10.2. The van der Waals surface area contributed by atoms with Crippen LogP contribution in [0, 0.1) is 6.92 Å². The van der Waals surface area contributed by atoms with Gasteiger partial charge in [-0.05, 0) is 31.2 Å². The summed E-state index contributed by atoms with van der Waals surface area (Å²) in [5.74, 6) is -0.303. The summed E-state index contributed by atoms with van der Waals surface area (Å²) in [6.07, 6.45) is 0. The maximum Gasteiger partial charge on any atom is 0.255 e. The van der Waals surface area contributed by atoms with Gasteiger partial charge in [0.1, 0.15) is 0 Å². The first-order valence-electron chi connectivity index (χ1n) is 5.32. The minimum atomic E-state index is -0.303. The van der Waals surface area contributed by atoms with Gasteiger partial charge in [0.05, 0.1) is 0 Å². The van der Waals surface area contributed by atoms with E-state index in [0.29, 0.717) is 16.9 Å². The molecule has 18 heavy (non-hydrogen) atoms. The molecule has 5 heteroatoms. The molecule has 0 saturated carbocycles. The second-order valence-corrected chi connectivity index (χ2v) is 4.80. The first-order valence-corrected chi connectivity index (χ1v) is 6.12. The average Bonchev–Trinajstić information content (AvgIpc) is 2.27. The molecule has 0 aliphatic carbocycles. The SMILES string of the molecule is Cc1cc(C(=O)Nc2cccc(Br)c2)cc(=O)[nH]1. The van der Waals surface area contributed by atoms with Gasteiger partial charge in [0.15, 0.2) is 0 Å². The van der Waals surface area contributed by atoms with Crippen LogP contribution in [-0.4, -0.2) is 10.9 Å². The monoisotopic (exact) mass is 306 g/mol. The summed E-state index contributed by atoms with van der Waals surface area (Å²) in [6, 6.07) is 10.2. The van der Waals surface area contributed by atoms with Crippen LogP contribution in [0.3, 0.4) is 0 Å². The minimum Gasteiger partial charge on any atom is -0.326 e. The van der Waals surface area contributed by atoms with Crippen molar-refractivity contribution in [3.05, 3.63) is 62.5 Å². The Kier molecular flexibility index (Phi) is 3.62. The van der Waals surface area contributed by atoms with Gasteiger partial charge in [0.2, 0.25) is 5.56 Å². The molecule has 0 saturated heterocycles. The van der Waals surface area contributed by atoms with E-state index >= 15 is 0 Å². The molecule has 1 aromatic heterocycles. The van der Waals surface area contributed by atoms with Gasteiger partial charge in [-0.2, -0.15) is 0 Å². The number of halogens is 1. The molecule has 0 unspecified atom stereocenters. The van der Waals surface area contributed by atoms with Crippen molar-refractivity contribution in [1.29, 1.82) is 0 Å². The highest BCUT2D eigenvalue weighted by Crippen LogP contribution is 2.16. The Morgan fingerprint density at radius 1 is 1.28 bits per heavy atom. The molecule has 0 bridgehead atoms. The van der Waals surface area contributed by atoms with Gasteiger partial charge in [0, 0.05) is 27.5 Å². The molecule has 1 amide bonds. The Morgan fingerprint density at radius 3 is 2.72 bits per heavy atom. The van der Waals surface area contributed by atoms with E-state index in [9.17, 15) is 9.59 Å². The van der Waals surface area contributed by atoms with E-state index in [2.05, 4.69) is 26.2 Å². The third-order valence-electron chi connectivity index (χ3n) is 2.32. The molecular weight excluding hydrogens is 296 g/mol. The zero-order chi connectivity index (χ0) is 13.1. The molecular formula is C13H11BrN2O2. The second-order valence-electron chi connectivity index (χ2n) is 3.88. The lowest BCUT2D eigenvalue weighted by Crippen LogP contribution is -2.16. The van der Waals surface area contributed by atoms with Crippen LogP contribution in [0.5, 0.6) is 0 Å². The number of hydrogen-bond acceptors (Lipinski definition) is 2. The highest BCUT2D eigenvalue weighted by molar-refractivity contribution is 9.10. The van der Waals surface area contributed by atoms with E-state index in [1.165, 1.54) is 6.07 Å². The van der Waals surface area contributed by atoms with Gasteiger partial charge in [0.25, 0.3) is 5.91 Å². The lowest BCUT2D eigenvalue weighted by Gasteiger charge is -2.05. The normalized spacial score (nSPS) is 10.1. The van der Waals surface area contributed by atoms with Gasteiger partial charge >= 0.3 is 0 Å². The molecule has 0 radical (unpaired) electrons. The average molecular weight is 307 g/mol. The maximum absolute atomic E-state index is 12.0. The van der Waals surface area contributed by atoms with E-state index in [1.807, 2.05) is 12.1 Å². The fraction of sp³-hybridized carbons (Fsp3) is 0.0769. The number of pyridine rings is 1. The number of amides is 1. The smallest absolute Gasteiger partial charge is 0.255 e. The third kappa shape index (κ3) is 3.07. The van der Waals surface area contributed by atoms with Crippen LogP contribution in [0.25, 0.3) is 0 Å². The van der Waals surface area contributed by atoms with Crippen molar-refractivity contribution in [2.24, 2.45) is 0 Å². The molecule has 2 rings (SSSR count). The highest BCUT2D eigenvalue weighted by atomic mass is 79.9. The van der Waals surface area contributed by atoms with Crippen LogP contribution in [-0.2, 0) is 0 Å². The first-order chi connectivity index (χ1) is 8.54. The second kappa shape index (κ2) is 5.18. The van der Waals surface area contributed by atoms with Gasteiger partial charge in [-0.3, -0.25) is 9.59 Å². The minimum absolute atomic E-state index is 0.283. The molecule has 0 fully saturated rings. The molecule has 4 nitrogen and oxygen atoms in total. The fourth-order valence-electron chi connectivity index (χ4n) is 1.58. The molecule has 1 heterocycles. The number of anilines is 1. The number of carbonyl (C=O) groups is 1. The van der Waals surface area contributed by atoms with Crippen molar-refractivity contribution in [3.8, 4) is 0 Å². The number of benzene rings is 1. The van der Waals surface area contributed by atoms with Gasteiger partial charge in [-0.15, -0.1) is 0 Å². The van der Waals surface area contributed by atoms with E-state index in [4.69, 9.17) is 0 Å². The predicted octanol–water partition coefficient (Wildman–Crippen LogP) is 2.70. The summed E-state index contributed by atoms with van der Waals surface area (Å²) in [5.41, 5.74) is 1.39. The summed E-state index contributed by atoms with van der Waals surface area (Å²) in [4.78, 5) is 25.8. The van der Waals surface area contributed by atoms with Crippen LogP contribution >= 0.6 is 15.9 Å². The third-order valence-corrected chi connectivity index (χ3v) is 2.82. The Hall–Kier alpha value is -1.88. The number of aryl methyl sites for hydroxylation is 1. The van der Waals surface area contributed by atoms with Crippen LogP contribution in [0.1, 0.15) is 16.1 Å². The molecule has 92 valence electrons. The van der Waals surface area contributed by atoms with Gasteiger partial charge in [-0.1, -0.05) is 22.0 Å². The number of rotatable bonds is 2. The predicted molar refractivity (Wildman–Crippen MR) is 73.9 cm³/mol. The first kappa shape index (κ1) is 12.6. The van der Waals surface area contributed by atoms with Crippen LogP contribution in [0.4, 0.5) is 5.69 Å². The molecule has 0 atom stereocenters. The van der Waals surface area contributed by atoms with E-state index in [1.54, 1.807) is 25.1 Å².